The molecule has 0 unspecified atom stereocenters. The Hall–Kier alpha value is -8.41. The number of fused-ring (bicyclic) bond motifs is 9. The third kappa shape index (κ3) is 6.67. The van der Waals surface area contributed by atoms with Gasteiger partial charge in [0.05, 0.1) is 22.1 Å². The summed E-state index contributed by atoms with van der Waals surface area (Å²) in [6.07, 6.45) is 0.832. The van der Waals surface area contributed by atoms with E-state index in [2.05, 4.69) is 161 Å². The first-order valence-electron chi connectivity index (χ1n) is 22.5. The smallest absolute Gasteiger partial charge is 0.164 e. The average Bonchev–Trinajstić information content (AvgIpc) is 4.04. The highest BCUT2D eigenvalue weighted by molar-refractivity contribution is 6.12. The normalized spacial score (nSPS) is 11.6. The standard InChI is InChI=1S/C58H37N5.C2H6.CH4/c1-4-14-37(15-5-1)56-59-57(38-16-6-2-7-17-38)61-58(60-56)41-24-28-46-42(32-41)33-43-34-45(27-29-47(43)46)63-53-23-13-11-21-49(53)51-36-40(26-31-55(51)63)39-25-30-54-50(35-39)48-20-10-12-22-52(48)62(54)44-18-8-3-9-19-44;1-2;/h1-32,34-36H,33H2;1-2H3;1H4. The van der Waals surface area contributed by atoms with Crippen LogP contribution in [0.3, 0.4) is 0 Å². The van der Waals surface area contributed by atoms with Gasteiger partial charge in [0.15, 0.2) is 17.5 Å². The van der Waals surface area contributed by atoms with E-state index in [1.54, 1.807) is 0 Å². The van der Waals surface area contributed by atoms with Crippen molar-refractivity contribution in [3.8, 4) is 67.8 Å². The molecule has 0 amide bonds. The van der Waals surface area contributed by atoms with Gasteiger partial charge in [0.1, 0.15) is 0 Å². The number of rotatable bonds is 6. The van der Waals surface area contributed by atoms with Gasteiger partial charge in [-0.05, 0) is 107 Å². The summed E-state index contributed by atoms with van der Waals surface area (Å²) in [5, 5.41) is 4.99. The van der Waals surface area contributed by atoms with E-state index in [4.69, 9.17) is 15.0 Å². The molecule has 0 atom stereocenters. The predicted octanol–water partition coefficient (Wildman–Crippen LogP) is 16.0. The molecule has 9 aromatic carbocycles. The molecule has 0 aliphatic heterocycles. The van der Waals surface area contributed by atoms with Crippen LogP contribution in [0.25, 0.3) is 111 Å². The molecule has 0 fully saturated rings. The molecular formula is C61H47N5. The maximum Gasteiger partial charge on any atom is 0.164 e. The lowest BCUT2D eigenvalue weighted by Gasteiger charge is -2.11. The number of nitrogens with zero attached hydrogens (tertiary/aromatic N) is 5. The summed E-state index contributed by atoms with van der Waals surface area (Å²) in [4.78, 5) is 14.9. The molecule has 0 radical (unpaired) electrons. The van der Waals surface area contributed by atoms with Gasteiger partial charge in [-0.25, -0.2) is 15.0 Å². The second-order valence-corrected chi connectivity index (χ2v) is 16.4. The topological polar surface area (TPSA) is 48.5 Å². The second-order valence-electron chi connectivity index (χ2n) is 16.4. The van der Waals surface area contributed by atoms with Crippen molar-refractivity contribution in [2.24, 2.45) is 0 Å². The Morgan fingerprint density at radius 3 is 1.27 bits per heavy atom. The SMILES string of the molecule is C.CC.c1ccc(-c2nc(-c3ccccc3)nc(-c3ccc4c(c3)Cc3cc(-n5c6ccccc6c6cc(-c7ccc8c(c7)c7ccccc7n8-c7ccccc7)ccc65)ccc3-4)n2)cc1. The Kier molecular flexibility index (Phi) is 10.2. The van der Waals surface area contributed by atoms with Crippen molar-refractivity contribution in [1.29, 1.82) is 0 Å². The Morgan fingerprint density at radius 2 is 0.727 bits per heavy atom. The molecule has 12 aromatic rings. The molecule has 0 spiro atoms. The highest BCUT2D eigenvalue weighted by Crippen LogP contribution is 2.42. The maximum absolute atomic E-state index is 5.02. The summed E-state index contributed by atoms with van der Waals surface area (Å²) in [5.41, 5.74) is 17.6. The van der Waals surface area contributed by atoms with Crippen molar-refractivity contribution in [2.45, 2.75) is 27.7 Å². The molecule has 0 saturated carbocycles. The number of para-hydroxylation sites is 3. The minimum absolute atomic E-state index is 0. The zero-order valence-electron chi connectivity index (χ0n) is 36.2. The van der Waals surface area contributed by atoms with Crippen LogP contribution in [0, 0.1) is 0 Å². The van der Waals surface area contributed by atoms with Gasteiger partial charge in [0.2, 0.25) is 0 Å². The first kappa shape index (κ1) is 40.4. The van der Waals surface area contributed by atoms with E-state index in [1.165, 1.54) is 82.7 Å². The van der Waals surface area contributed by atoms with Gasteiger partial charge in [0, 0.05) is 49.6 Å². The van der Waals surface area contributed by atoms with Gasteiger partial charge >= 0.3 is 0 Å². The molecule has 1 aliphatic carbocycles. The van der Waals surface area contributed by atoms with Crippen LogP contribution in [0.5, 0.6) is 0 Å². The molecule has 0 N–H and O–H groups in total. The first-order valence-corrected chi connectivity index (χ1v) is 22.5. The first-order chi connectivity index (χ1) is 32.2. The van der Waals surface area contributed by atoms with Crippen LogP contribution >= 0.6 is 0 Å². The van der Waals surface area contributed by atoms with E-state index in [0.717, 1.165) is 28.8 Å². The zero-order chi connectivity index (χ0) is 43.4. The molecule has 1 aliphatic rings. The molecule has 5 nitrogen and oxygen atoms in total. The lowest BCUT2D eigenvalue weighted by atomic mass is 10.0. The van der Waals surface area contributed by atoms with Gasteiger partial charge < -0.3 is 9.13 Å². The monoisotopic (exact) mass is 849 g/mol. The Balaban J connectivity index is 0.00000158. The summed E-state index contributed by atoms with van der Waals surface area (Å²) in [6.45, 7) is 4.00. The molecule has 0 bridgehead atoms. The third-order valence-electron chi connectivity index (χ3n) is 12.8. The third-order valence-corrected chi connectivity index (χ3v) is 12.8. The second kappa shape index (κ2) is 16.6. The van der Waals surface area contributed by atoms with Gasteiger partial charge in [-0.2, -0.15) is 0 Å². The van der Waals surface area contributed by atoms with Crippen molar-refractivity contribution in [2.75, 3.05) is 0 Å². The van der Waals surface area contributed by atoms with Crippen LogP contribution in [0.4, 0.5) is 0 Å². The van der Waals surface area contributed by atoms with Crippen molar-refractivity contribution >= 4 is 43.6 Å². The fourth-order valence-electron chi connectivity index (χ4n) is 9.85. The summed E-state index contributed by atoms with van der Waals surface area (Å²) in [5.74, 6) is 2.00. The number of benzene rings is 9. The lowest BCUT2D eigenvalue weighted by Crippen LogP contribution is -2.00. The van der Waals surface area contributed by atoms with Crippen molar-refractivity contribution < 1.29 is 0 Å². The van der Waals surface area contributed by atoms with E-state index in [0.29, 0.717) is 17.5 Å². The Morgan fingerprint density at radius 1 is 0.318 bits per heavy atom. The number of hydrogen-bond acceptors (Lipinski definition) is 3. The van der Waals surface area contributed by atoms with E-state index in [-0.39, 0.29) is 7.43 Å². The summed E-state index contributed by atoms with van der Waals surface area (Å²) >= 11 is 0. The molecule has 316 valence electrons. The van der Waals surface area contributed by atoms with Crippen LogP contribution in [0.1, 0.15) is 32.4 Å². The minimum Gasteiger partial charge on any atom is -0.309 e. The summed E-state index contributed by atoms with van der Waals surface area (Å²) in [7, 11) is 0. The molecule has 66 heavy (non-hydrogen) atoms. The van der Waals surface area contributed by atoms with Gasteiger partial charge in [-0.15, -0.1) is 0 Å². The average molecular weight is 850 g/mol. The molecular weight excluding hydrogens is 803 g/mol. The highest BCUT2D eigenvalue weighted by atomic mass is 15.0. The molecule has 0 saturated heterocycles. The predicted molar refractivity (Wildman–Crippen MR) is 277 cm³/mol. The van der Waals surface area contributed by atoms with E-state index in [1.807, 2.05) is 74.5 Å². The minimum atomic E-state index is 0. The zero-order valence-corrected chi connectivity index (χ0v) is 36.2. The van der Waals surface area contributed by atoms with Crippen molar-refractivity contribution in [3.63, 3.8) is 0 Å². The number of hydrogen-bond donors (Lipinski definition) is 0. The maximum atomic E-state index is 5.02. The lowest BCUT2D eigenvalue weighted by molar-refractivity contribution is 1.07. The molecule has 13 rings (SSSR count). The van der Waals surface area contributed by atoms with Crippen LogP contribution in [0.2, 0.25) is 0 Å². The van der Waals surface area contributed by atoms with Gasteiger partial charge in [-0.3, -0.25) is 0 Å². The summed E-state index contributed by atoms with van der Waals surface area (Å²) in [6, 6.07) is 76.0. The Labute approximate surface area is 385 Å². The fraction of sp³-hybridized carbons (Fsp3) is 0.0656. The highest BCUT2D eigenvalue weighted by Gasteiger charge is 2.23. The molecule has 3 aromatic heterocycles. The van der Waals surface area contributed by atoms with Gasteiger partial charge in [-0.1, -0.05) is 167 Å². The van der Waals surface area contributed by atoms with E-state index >= 15 is 0 Å². The van der Waals surface area contributed by atoms with Crippen LogP contribution in [-0.4, -0.2) is 24.1 Å². The van der Waals surface area contributed by atoms with Gasteiger partial charge in [0.25, 0.3) is 0 Å². The van der Waals surface area contributed by atoms with Crippen LogP contribution < -0.4 is 0 Å². The number of aromatic nitrogens is 5. The van der Waals surface area contributed by atoms with Crippen molar-refractivity contribution in [1.82, 2.24) is 24.1 Å². The summed E-state index contributed by atoms with van der Waals surface area (Å²) < 4.78 is 4.80. The van der Waals surface area contributed by atoms with Crippen molar-refractivity contribution in [3.05, 3.63) is 223 Å². The van der Waals surface area contributed by atoms with E-state index < -0.39 is 0 Å². The largest absolute Gasteiger partial charge is 0.309 e. The quantitative estimate of drug-likeness (QED) is 0.167. The molecule has 3 heterocycles. The van der Waals surface area contributed by atoms with E-state index in [9.17, 15) is 0 Å². The Bertz CT molecular complexity index is 3700. The fourth-order valence-corrected chi connectivity index (χ4v) is 9.85. The molecule has 5 heteroatoms. The van der Waals surface area contributed by atoms with Crippen LogP contribution in [0.15, 0.2) is 212 Å². The van der Waals surface area contributed by atoms with Crippen LogP contribution in [-0.2, 0) is 6.42 Å².